The third-order valence-electron chi connectivity index (χ3n) is 2.26. The molecule has 0 fully saturated rings. The molecule has 0 spiro atoms. The summed E-state index contributed by atoms with van der Waals surface area (Å²) in [6.45, 7) is 1.82. The highest BCUT2D eigenvalue weighted by Crippen LogP contribution is 2.26. The van der Waals surface area contributed by atoms with E-state index in [9.17, 15) is 18.5 Å². The number of hydrogen-bond donors (Lipinski definition) is 1. The van der Waals surface area contributed by atoms with E-state index in [0.717, 1.165) is 4.43 Å². The number of aryl methyl sites for hydroxylation is 1. The molecule has 1 rings (SSSR count). The molecule has 100 valence electrons. The number of nitrogens with zero attached hydrogens (tertiary/aromatic N) is 1. The predicted octanol–water partition coefficient (Wildman–Crippen LogP) is 2.01. The van der Waals surface area contributed by atoms with E-state index >= 15 is 0 Å². The maximum Gasteiger partial charge on any atom is 0.289 e. The normalized spacial score (nSPS) is 11.4. The number of alkyl halides is 1. The fourth-order valence-electron chi connectivity index (χ4n) is 1.48. The Balaban J connectivity index is 3.19. The zero-order chi connectivity index (χ0) is 13.8. The average molecular weight is 384 g/mol. The molecule has 8 heteroatoms. The van der Waals surface area contributed by atoms with Crippen molar-refractivity contribution >= 4 is 38.3 Å². The molecule has 0 saturated heterocycles. The first-order chi connectivity index (χ1) is 8.40. The fraction of sp³-hybridized carbons (Fsp3) is 0.400. The van der Waals surface area contributed by atoms with Crippen molar-refractivity contribution in [1.82, 2.24) is 4.72 Å². The third-order valence-corrected chi connectivity index (χ3v) is 4.67. The van der Waals surface area contributed by atoms with E-state index in [0.29, 0.717) is 12.0 Å². The topological polar surface area (TPSA) is 89.3 Å². The van der Waals surface area contributed by atoms with Crippen molar-refractivity contribution in [2.45, 2.75) is 18.2 Å². The third kappa shape index (κ3) is 3.62. The van der Waals surface area contributed by atoms with Crippen molar-refractivity contribution in [1.29, 1.82) is 0 Å². The van der Waals surface area contributed by atoms with E-state index in [1.165, 1.54) is 12.1 Å². The van der Waals surface area contributed by atoms with Crippen LogP contribution in [0.15, 0.2) is 23.1 Å². The zero-order valence-electron chi connectivity index (χ0n) is 9.72. The number of nitrogens with one attached hydrogen (secondary N) is 1. The Kier molecular flexibility index (Phi) is 5.47. The van der Waals surface area contributed by atoms with Crippen molar-refractivity contribution in [3.8, 4) is 0 Å². The largest absolute Gasteiger partial charge is 0.289 e. The van der Waals surface area contributed by atoms with Gasteiger partial charge in [0.15, 0.2) is 4.90 Å². The van der Waals surface area contributed by atoms with Crippen LogP contribution >= 0.6 is 22.6 Å². The van der Waals surface area contributed by atoms with Crippen LogP contribution in [0.4, 0.5) is 5.69 Å². The molecular weight excluding hydrogens is 371 g/mol. The zero-order valence-corrected chi connectivity index (χ0v) is 12.7. The van der Waals surface area contributed by atoms with E-state index in [2.05, 4.69) is 27.3 Å². The first kappa shape index (κ1) is 15.3. The van der Waals surface area contributed by atoms with Crippen LogP contribution in [0.3, 0.4) is 0 Å². The lowest BCUT2D eigenvalue weighted by atomic mass is 10.2. The minimum Gasteiger partial charge on any atom is -0.258 e. The standard InChI is InChI=1S/C10H13IN2O4S/c1-8-4-2-5-9(13(14)15)10(8)18(16,17)12-7-3-6-11/h2,4-5,12H,3,6-7H2,1H3. The monoisotopic (exact) mass is 384 g/mol. The molecule has 0 aromatic heterocycles. The average Bonchev–Trinajstić information content (AvgIpc) is 2.28. The van der Waals surface area contributed by atoms with Crippen LogP contribution in [0.25, 0.3) is 0 Å². The molecule has 0 saturated carbocycles. The van der Waals surface area contributed by atoms with Crippen LogP contribution in [0.1, 0.15) is 12.0 Å². The lowest BCUT2D eigenvalue weighted by Crippen LogP contribution is -2.26. The van der Waals surface area contributed by atoms with Gasteiger partial charge in [0, 0.05) is 17.0 Å². The van der Waals surface area contributed by atoms with Crippen molar-refractivity contribution < 1.29 is 13.3 Å². The smallest absolute Gasteiger partial charge is 0.258 e. The SMILES string of the molecule is Cc1cccc([N+](=O)[O-])c1S(=O)(=O)NCCCI. The van der Waals surface area contributed by atoms with Crippen LogP contribution in [0.5, 0.6) is 0 Å². The summed E-state index contributed by atoms with van der Waals surface area (Å²) in [6, 6.07) is 4.21. The second-order valence-electron chi connectivity index (χ2n) is 3.62. The minimum absolute atomic E-state index is 0.247. The van der Waals surface area contributed by atoms with Gasteiger partial charge in [0.25, 0.3) is 5.69 Å². The summed E-state index contributed by atoms with van der Waals surface area (Å²) in [5, 5.41) is 10.9. The van der Waals surface area contributed by atoms with Crippen LogP contribution in [-0.4, -0.2) is 24.3 Å². The summed E-state index contributed by atoms with van der Waals surface area (Å²) in [5.74, 6) is 0. The Hall–Kier alpha value is -0.740. The lowest BCUT2D eigenvalue weighted by Gasteiger charge is -2.09. The Morgan fingerprint density at radius 1 is 1.44 bits per heavy atom. The molecule has 18 heavy (non-hydrogen) atoms. The van der Waals surface area contributed by atoms with Crippen molar-refractivity contribution in [3.63, 3.8) is 0 Å². The highest BCUT2D eigenvalue weighted by molar-refractivity contribution is 14.1. The highest BCUT2D eigenvalue weighted by Gasteiger charge is 2.27. The second-order valence-corrected chi connectivity index (χ2v) is 6.40. The molecule has 6 nitrogen and oxygen atoms in total. The van der Waals surface area contributed by atoms with Crippen LogP contribution in [0, 0.1) is 17.0 Å². The molecule has 1 N–H and O–H groups in total. The highest BCUT2D eigenvalue weighted by atomic mass is 127. The first-order valence-corrected chi connectivity index (χ1v) is 8.20. The van der Waals surface area contributed by atoms with E-state index in [1.807, 2.05) is 0 Å². The quantitative estimate of drug-likeness (QED) is 0.267. The molecule has 0 aliphatic heterocycles. The number of benzene rings is 1. The van der Waals surface area contributed by atoms with Gasteiger partial charge in [-0.1, -0.05) is 34.7 Å². The van der Waals surface area contributed by atoms with Crippen molar-refractivity contribution in [3.05, 3.63) is 33.9 Å². The molecule has 0 heterocycles. The molecule has 0 unspecified atom stereocenters. The lowest BCUT2D eigenvalue weighted by molar-refractivity contribution is -0.387. The van der Waals surface area contributed by atoms with Gasteiger partial charge in [0.2, 0.25) is 10.0 Å². The van der Waals surface area contributed by atoms with Gasteiger partial charge in [-0.05, 0) is 18.9 Å². The van der Waals surface area contributed by atoms with E-state index < -0.39 is 20.6 Å². The second kappa shape index (κ2) is 6.43. The van der Waals surface area contributed by atoms with Gasteiger partial charge >= 0.3 is 0 Å². The first-order valence-electron chi connectivity index (χ1n) is 5.20. The van der Waals surface area contributed by atoms with Gasteiger partial charge in [-0.3, -0.25) is 10.1 Å². The maximum atomic E-state index is 12.0. The molecule has 0 aliphatic rings. The maximum absolute atomic E-state index is 12.0. The van der Waals surface area contributed by atoms with E-state index in [4.69, 9.17) is 0 Å². The Labute approximate surface area is 119 Å². The molecular formula is C10H13IN2O4S. The molecule has 0 radical (unpaired) electrons. The molecule has 1 aromatic carbocycles. The summed E-state index contributed by atoms with van der Waals surface area (Å²) in [5.41, 5.74) is -0.0249. The minimum atomic E-state index is -3.83. The van der Waals surface area contributed by atoms with E-state index in [1.54, 1.807) is 13.0 Å². The van der Waals surface area contributed by atoms with Crippen LogP contribution in [0.2, 0.25) is 0 Å². The summed E-state index contributed by atoms with van der Waals surface area (Å²) in [6.07, 6.45) is 0.680. The van der Waals surface area contributed by atoms with Gasteiger partial charge in [-0.2, -0.15) is 0 Å². The summed E-state index contributed by atoms with van der Waals surface area (Å²) in [4.78, 5) is 9.94. The summed E-state index contributed by atoms with van der Waals surface area (Å²) >= 11 is 2.13. The number of sulfonamides is 1. The Morgan fingerprint density at radius 2 is 2.11 bits per heavy atom. The Bertz CT molecular complexity index is 545. The van der Waals surface area contributed by atoms with Crippen LogP contribution in [-0.2, 0) is 10.0 Å². The molecule has 0 aliphatic carbocycles. The van der Waals surface area contributed by atoms with Gasteiger partial charge in [-0.25, -0.2) is 13.1 Å². The number of nitro groups is 1. The summed E-state index contributed by atoms with van der Waals surface area (Å²) < 4.78 is 27.3. The van der Waals surface area contributed by atoms with Gasteiger partial charge < -0.3 is 0 Å². The molecule has 0 atom stereocenters. The van der Waals surface area contributed by atoms with Crippen molar-refractivity contribution in [2.24, 2.45) is 0 Å². The molecule has 0 amide bonds. The van der Waals surface area contributed by atoms with Crippen LogP contribution < -0.4 is 4.72 Å². The fourth-order valence-corrected chi connectivity index (χ4v) is 3.32. The van der Waals surface area contributed by atoms with Crippen molar-refractivity contribution in [2.75, 3.05) is 11.0 Å². The van der Waals surface area contributed by atoms with Gasteiger partial charge in [-0.15, -0.1) is 0 Å². The number of halogens is 1. The summed E-state index contributed by atoms with van der Waals surface area (Å²) in [7, 11) is -3.83. The number of nitro benzene ring substituents is 1. The van der Waals surface area contributed by atoms with E-state index in [-0.39, 0.29) is 11.4 Å². The van der Waals surface area contributed by atoms with Gasteiger partial charge in [0.1, 0.15) is 0 Å². The predicted molar refractivity (Wildman–Crippen MR) is 76.5 cm³/mol. The number of rotatable bonds is 6. The molecule has 0 bridgehead atoms. The van der Waals surface area contributed by atoms with Gasteiger partial charge in [0.05, 0.1) is 4.92 Å². The number of hydrogen-bond acceptors (Lipinski definition) is 4. The Morgan fingerprint density at radius 3 is 2.67 bits per heavy atom. The molecule has 1 aromatic rings.